The first-order chi connectivity index (χ1) is 13.8. The van der Waals surface area contributed by atoms with Crippen LogP contribution in [0.1, 0.15) is 11.3 Å². The summed E-state index contributed by atoms with van der Waals surface area (Å²) in [4.78, 5) is 9.03. The molecule has 0 bridgehead atoms. The predicted octanol–water partition coefficient (Wildman–Crippen LogP) is 1.71. The number of rotatable bonds is 5. The van der Waals surface area contributed by atoms with Crippen LogP contribution in [-0.4, -0.2) is 62.7 Å². The van der Waals surface area contributed by atoms with Gasteiger partial charge in [0.05, 0.1) is 23.8 Å². The Balaban J connectivity index is 1.14. The maximum Gasteiger partial charge on any atom is 0.231 e. The second kappa shape index (κ2) is 7.57. The number of aromatic nitrogens is 4. The lowest BCUT2D eigenvalue weighted by Crippen LogP contribution is -2.45. The molecule has 28 heavy (non-hydrogen) atoms. The molecule has 2 aromatic heterocycles. The highest BCUT2D eigenvalue weighted by Gasteiger charge is 2.20. The summed E-state index contributed by atoms with van der Waals surface area (Å²) in [6.07, 6.45) is 5.52. The molecule has 4 heterocycles. The van der Waals surface area contributed by atoms with Crippen LogP contribution in [0.2, 0.25) is 0 Å². The van der Waals surface area contributed by atoms with E-state index in [0.29, 0.717) is 6.79 Å². The number of pyridine rings is 1. The molecule has 0 spiro atoms. The quantitative estimate of drug-likeness (QED) is 0.669. The molecule has 8 nitrogen and oxygen atoms in total. The van der Waals surface area contributed by atoms with Gasteiger partial charge in [0, 0.05) is 45.5 Å². The molecular formula is C20H22N6O2. The van der Waals surface area contributed by atoms with Crippen molar-refractivity contribution in [2.75, 3.05) is 33.0 Å². The van der Waals surface area contributed by atoms with Gasteiger partial charge in [0.1, 0.15) is 0 Å². The smallest absolute Gasteiger partial charge is 0.231 e. The molecule has 2 aliphatic rings. The second-order valence-electron chi connectivity index (χ2n) is 7.11. The molecule has 5 rings (SSSR count). The third kappa shape index (κ3) is 3.69. The highest BCUT2D eigenvalue weighted by molar-refractivity contribution is 5.44. The van der Waals surface area contributed by atoms with Crippen LogP contribution >= 0.6 is 0 Å². The van der Waals surface area contributed by atoms with E-state index in [-0.39, 0.29) is 0 Å². The lowest BCUT2D eigenvalue weighted by molar-refractivity contribution is 0.121. The van der Waals surface area contributed by atoms with Crippen LogP contribution in [0.3, 0.4) is 0 Å². The van der Waals surface area contributed by atoms with Gasteiger partial charge in [0.25, 0.3) is 0 Å². The lowest BCUT2D eigenvalue weighted by Gasteiger charge is -2.34. The van der Waals surface area contributed by atoms with Gasteiger partial charge in [0.15, 0.2) is 11.5 Å². The number of hydrogen-bond donors (Lipinski definition) is 0. The molecule has 1 aromatic carbocycles. The van der Waals surface area contributed by atoms with E-state index in [9.17, 15) is 0 Å². The van der Waals surface area contributed by atoms with Crippen molar-refractivity contribution >= 4 is 0 Å². The Morgan fingerprint density at radius 1 is 0.929 bits per heavy atom. The lowest BCUT2D eigenvalue weighted by atomic mass is 10.1. The highest BCUT2D eigenvalue weighted by Crippen LogP contribution is 2.32. The van der Waals surface area contributed by atoms with Crippen molar-refractivity contribution in [1.82, 2.24) is 29.8 Å². The molecule has 0 amide bonds. The molecule has 3 aromatic rings. The minimum absolute atomic E-state index is 0.322. The van der Waals surface area contributed by atoms with Crippen molar-refractivity contribution in [3.63, 3.8) is 0 Å². The van der Waals surface area contributed by atoms with Crippen LogP contribution in [0.4, 0.5) is 0 Å². The number of benzene rings is 1. The predicted molar refractivity (Wildman–Crippen MR) is 102 cm³/mol. The summed E-state index contributed by atoms with van der Waals surface area (Å²) in [6, 6.07) is 10.1. The summed E-state index contributed by atoms with van der Waals surface area (Å²) in [5.41, 5.74) is 3.17. The van der Waals surface area contributed by atoms with Gasteiger partial charge < -0.3 is 9.47 Å². The Kier molecular flexibility index (Phi) is 4.64. The summed E-state index contributed by atoms with van der Waals surface area (Å²) >= 11 is 0. The zero-order chi connectivity index (χ0) is 18.8. The van der Waals surface area contributed by atoms with Crippen LogP contribution < -0.4 is 9.47 Å². The molecule has 0 saturated carbocycles. The molecule has 0 aliphatic carbocycles. The summed E-state index contributed by atoms with van der Waals surface area (Å²) in [5.74, 6) is 1.70. The summed E-state index contributed by atoms with van der Waals surface area (Å²) < 4.78 is 12.6. The van der Waals surface area contributed by atoms with E-state index < -0.39 is 0 Å². The van der Waals surface area contributed by atoms with E-state index in [1.54, 1.807) is 17.1 Å². The Hall–Kier alpha value is -2.97. The highest BCUT2D eigenvalue weighted by atomic mass is 16.7. The molecule has 1 fully saturated rings. The Morgan fingerprint density at radius 2 is 1.75 bits per heavy atom. The van der Waals surface area contributed by atoms with E-state index in [1.807, 2.05) is 24.4 Å². The van der Waals surface area contributed by atoms with Gasteiger partial charge in [-0.3, -0.25) is 14.8 Å². The first-order valence-electron chi connectivity index (χ1n) is 9.48. The van der Waals surface area contributed by atoms with Gasteiger partial charge in [-0.1, -0.05) is 11.3 Å². The molecular weight excluding hydrogens is 356 g/mol. The summed E-state index contributed by atoms with van der Waals surface area (Å²) in [5, 5.41) is 8.53. The number of hydrogen-bond acceptors (Lipinski definition) is 7. The van der Waals surface area contributed by atoms with Crippen molar-refractivity contribution in [2.24, 2.45) is 0 Å². The van der Waals surface area contributed by atoms with Crippen molar-refractivity contribution in [2.45, 2.75) is 13.1 Å². The first kappa shape index (κ1) is 17.2. The second-order valence-corrected chi connectivity index (χ2v) is 7.11. The van der Waals surface area contributed by atoms with Crippen molar-refractivity contribution < 1.29 is 9.47 Å². The maximum atomic E-state index is 5.48. The molecule has 0 atom stereocenters. The van der Waals surface area contributed by atoms with Crippen LogP contribution in [0.5, 0.6) is 11.5 Å². The van der Waals surface area contributed by atoms with Gasteiger partial charge in [-0.05, 0) is 29.8 Å². The van der Waals surface area contributed by atoms with Crippen molar-refractivity contribution in [3.05, 3.63) is 60.2 Å². The monoisotopic (exact) mass is 378 g/mol. The zero-order valence-corrected chi connectivity index (χ0v) is 15.6. The fourth-order valence-electron chi connectivity index (χ4n) is 3.62. The number of ether oxygens (including phenoxy) is 2. The van der Waals surface area contributed by atoms with Gasteiger partial charge >= 0.3 is 0 Å². The van der Waals surface area contributed by atoms with E-state index in [2.05, 4.69) is 37.2 Å². The number of nitrogens with zero attached hydrogens (tertiary/aromatic N) is 6. The Morgan fingerprint density at radius 3 is 2.57 bits per heavy atom. The third-order valence-electron chi connectivity index (χ3n) is 5.14. The average Bonchev–Trinajstić information content (AvgIpc) is 3.39. The standard InChI is InChI=1S/C20H22N6O2/c1-2-18(11-21-5-1)26-14-17(22-23-26)13-25-8-6-24(7-9-25)12-16-3-4-19-20(10-16)28-15-27-19/h1-5,10-11,14H,6-9,12-13,15H2. The van der Waals surface area contributed by atoms with Crippen LogP contribution in [0.25, 0.3) is 5.69 Å². The van der Waals surface area contributed by atoms with Crippen LogP contribution in [0.15, 0.2) is 48.9 Å². The van der Waals surface area contributed by atoms with Gasteiger partial charge in [-0.2, -0.15) is 0 Å². The van der Waals surface area contributed by atoms with Crippen LogP contribution in [-0.2, 0) is 13.1 Å². The number of fused-ring (bicyclic) bond motifs is 1. The van der Waals surface area contributed by atoms with Crippen molar-refractivity contribution in [3.8, 4) is 17.2 Å². The minimum atomic E-state index is 0.322. The molecule has 0 unspecified atom stereocenters. The molecule has 8 heteroatoms. The minimum Gasteiger partial charge on any atom is -0.454 e. The maximum absolute atomic E-state index is 5.48. The Labute approximate surface area is 163 Å². The van der Waals surface area contributed by atoms with Gasteiger partial charge in [-0.25, -0.2) is 4.68 Å². The SMILES string of the molecule is c1cncc(-n2cc(CN3CCN(Cc4ccc5c(c4)OCO5)CC3)nn2)c1. The van der Waals surface area contributed by atoms with E-state index in [1.165, 1.54) is 5.56 Å². The summed E-state index contributed by atoms with van der Waals surface area (Å²) in [7, 11) is 0. The molecule has 144 valence electrons. The van der Waals surface area contributed by atoms with E-state index in [4.69, 9.17) is 9.47 Å². The fourth-order valence-corrected chi connectivity index (χ4v) is 3.62. The third-order valence-corrected chi connectivity index (χ3v) is 5.14. The number of piperazine rings is 1. The van der Waals surface area contributed by atoms with E-state index in [0.717, 1.165) is 62.1 Å². The van der Waals surface area contributed by atoms with Crippen molar-refractivity contribution in [1.29, 1.82) is 0 Å². The average molecular weight is 378 g/mol. The molecule has 0 radical (unpaired) electrons. The molecule has 1 saturated heterocycles. The Bertz CT molecular complexity index is 937. The normalized spacial score (nSPS) is 17.1. The van der Waals surface area contributed by atoms with Gasteiger partial charge in [-0.15, -0.1) is 5.10 Å². The van der Waals surface area contributed by atoms with Crippen LogP contribution in [0, 0.1) is 0 Å². The molecule has 2 aliphatic heterocycles. The first-order valence-corrected chi connectivity index (χ1v) is 9.48. The van der Waals surface area contributed by atoms with Gasteiger partial charge in [0.2, 0.25) is 6.79 Å². The summed E-state index contributed by atoms with van der Waals surface area (Å²) in [6.45, 7) is 6.17. The largest absolute Gasteiger partial charge is 0.454 e. The fraction of sp³-hybridized carbons (Fsp3) is 0.350. The van der Waals surface area contributed by atoms with E-state index >= 15 is 0 Å². The molecule has 0 N–H and O–H groups in total. The zero-order valence-electron chi connectivity index (χ0n) is 15.6. The topological polar surface area (TPSA) is 68.5 Å².